The molecule has 0 aliphatic rings. The molecule has 0 unspecified atom stereocenters. The molecule has 0 atom stereocenters. The smallest absolute Gasteiger partial charge is 0.341 e. The molecule has 1 rings (SSSR count). The van der Waals surface area contributed by atoms with Crippen molar-refractivity contribution < 1.29 is 14.3 Å². The van der Waals surface area contributed by atoms with Crippen LogP contribution in [0, 0.1) is 0 Å². The molecule has 0 radical (unpaired) electrons. The lowest BCUT2D eigenvalue weighted by Crippen LogP contribution is -2.13. The van der Waals surface area contributed by atoms with Crippen LogP contribution < -0.4 is 0 Å². The van der Waals surface area contributed by atoms with Crippen LogP contribution in [0.4, 0.5) is 0 Å². The number of hydrogen-bond donors (Lipinski definition) is 0. The van der Waals surface area contributed by atoms with Crippen molar-refractivity contribution in [3.05, 3.63) is 34.6 Å². The van der Waals surface area contributed by atoms with Crippen molar-refractivity contribution in [2.45, 2.75) is 13.8 Å². The zero-order chi connectivity index (χ0) is 12.8. The lowest BCUT2D eigenvalue weighted by atomic mass is 10.1. The van der Waals surface area contributed by atoms with Crippen LogP contribution in [0.25, 0.3) is 6.08 Å². The maximum absolute atomic E-state index is 11.5. The first kappa shape index (κ1) is 13.4. The van der Waals surface area contributed by atoms with Crippen LogP contribution in [-0.4, -0.2) is 23.3 Å². The van der Waals surface area contributed by atoms with Crippen molar-refractivity contribution in [1.82, 2.24) is 4.98 Å². The molecular formula is C12H12ClNO3. The summed E-state index contributed by atoms with van der Waals surface area (Å²) in [5.74, 6) is -0.982. The standard InChI is InChI=1S/C12H12ClNO3/c1-3-17-12(16)10(8(2)15)6-9-4-5-14-11(13)7-9/h4-7H,3H2,1-2H3. The van der Waals surface area contributed by atoms with E-state index in [9.17, 15) is 9.59 Å². The molecule has 0 fully saturated rings. The summed E-state index contributed by atoms with van der Waals surface area (Å²) in [6.07, 6.45) is 2.94. The van der Waals surface area contributed by atoms with Gasteiger partial charge in [0.05, 0.1) is 6.61 Å². The molecule has 0 saturated carbocycles. The second kappa shape index (κ2) is 6.15. The maximum Gasteiger partial charge on any atom is 0.341 e. The molecule has 5 heteroatoms. The van der Waals surface area contributed by atoms with E-state index >= 15 is 0 Å². The number of aromatic nitrogens is 1. The third-order valence-corrected chi connectivity index (χ3v) is 2.14. The molecule has 0 aliphatic carbocycles. The summed E-state index contributed by atoms with van der Waals surface area (Å²) in [5, 5.41) is 0.297. The van der Waals surface area contributed by atoms with Crippen molar-refractivity contribution in [1.29, 1.82) is 0 Å². The second-order valence-electron chi connectivity index (χ2n) is 3.25. The molecule has 0 aliphatic heterocycles. The number of carbonyl (C=O) groups excluding carboxylic acids is 2. The van der Waals surface area contributed by atoms with E-state index < -0.39 is 5.97 Å². The minimum absolute atomic E-state index is 0.00545. The topological polar surface area (TPSA) is 56.3 Å². The number of hydrogen-bond acceptors (Lipinski definition) is 4. The van der Waals surface area contributed by atoms with Crippen LogP contribution in [0.3, 0.4) is 0 Å². The van der Waals surface area contributed by atoms with Gasteiger partial charge in [0.2, 0.25) is 0 Å². The number of carbonyl (C=O) groups is 2. The van der Waals surface area contributed by atoms with E-state index in [4.69, 9.17) is 16.3 Å². The van der Waals surface area contributed by atoms with Crippen LogP contribution in [0.5, 0.6) is 0 Å². The fourth-order valence-corrected chi connectivity index (χ4v) is 1.37. The Bertz CT molecular complexity index is 469. The first-order valence-corrected chi connectivity index (χ1v) is 5.43. The van der Waals surface area contributed by atoms with Crippen molar-refractivity contribution >= 4 is 29.4 Å². The first-order valence-electron chi connectivity index (χ1n) is 5.06. The van der Waals surface area contributed by atoms with Crippen LogP contribution >= 0.6 is 11.6 Å². The molecule has 0 amide bonds. The van der Waals surface area contributed by atoms with E-state index in [0.717, 1.165) is 0 Å². The fourth-order valence-electron chi connectivity index (χ4n) is 1.19. The van der Waals surface area contributed by atoms with Crippen molar-refractivity contribution in [3.8, 4) is 0 Å². The third-order valence-electron chi connectivity index (χ3n) is 1.94. The van der Waals surface area contributed by atoms with Gasteiger partial charge in [-0.25, -0.2) is 9.78 Å². The Hall–Kier alpha value is -1.68. The monoisotopic (exact) mass is 253 g/mol. The van der Waals surface area contributed by atoms with Crippen LogP contribution in [0.15, 0.2) is 23.9 Å². The van der Waals surface area contributed by atoms with Crippen LogP contribution in [0.1, 0.15) is 19.4 Å². The predicted molar refractivity (Wildman–Crippen MR) is 64.5 cm³/mol. The number of ether oxygens (including phenoxy) is 1. The summed E-state index contributed by atoms with van der Waals surface area (Å²) in [5.41, 5.74) is 0.623. The average Bonchev–Trinajstić information content (AvgIpc) is 2.26. The van der Waals surface area contributed by atoms with E-state index in [1.54, 1.807) is 19.1 Å². The zero-order valence-corrected chi connectivity index (χ0v) is 10.3. The summed E-state index contributed by atoms with van der Waals surface area (Å²) < 4.78 is 4.79. The number of Topliss-reactive ketones (excluding diaryl/α,β-unsaturated/α-hetero) is 1. The van der Waals surface area contributed by atoms with E-state index in [1.165, 1.54) is 19.2 Å². The molecule has 0 aromatic carbocycles. The lowest BCUT2D eigenvalue weighted by Gasteiger charge is -2.03. The summed E-state index contributed by atoms with van der Waals surface area (Å²) in [4.78, 5) is 26.7. The van der Waals surface area contributed by atoms with Gasteiger partial charge in [-0.1, -0.05) is 11.6 Å². The van der Waals surface area contributed by atoms with Crippen molar-refractivity contribution in [2.75, 3.05) is 6.61 Å². The molecule has 90 valence electrons. The molecule has 0 bridgehead atoms. The fraction of sp³-hybridized carbons (Fsp3) is 0.250. The molecule has 1 aromatic heterocycles. The van der Waals surface area contributed by atoms with E-state index in [1.807, 2.05) is 0 Å². The quantitative estimate of drug-likeness (QED) is 0.272. The Morgan fingerprint density at radius 1 is 1.53 bits per heavy atom. The Morgan fingerprint density at radius 3 is 2.76 bits per heavy atom. The Morgan fingerprint density at radius 2 is 2.24 bits per heavy atom. The van der Waals surface area contributed by atoms with Gasteiger partial charge in [-0.2, -0.15) is 0 Å². The van der Waals surface area contributed by atoms with Gasteiger partial charge in [-0.3, -0.25) is 4.79 Å². The first-order chi connectivity index (χ1) is 8.04. The van der Waals surface area contributed by atoms with Gasteiger partial charge in [0.15, 0.2) is 5.78 Å². The SMILES string of the molecule is CCOC(=O)C(=Cc1ccnc(Cl)c1)C(C)=O. The van der Waals surface area contributed by atoms with Gasteiger partial charge >= 0.3 is 5.97 Å². The lowest BCUT2D eigenvalue weighted by molar-refractivity contribution is -0.139. The molecule has 17 heavy (non-hydrogen) atoms. The van der Waals surface area contributed by atoms with Crippen LogP contribution in [-0.2, 0) is 14.3 Å². The largest absolute Gasteiger partial charge is 0.462 e. The number of pyridine rings is 1. The number of nitrogens with zero attached hydrogens (tertiary/aromatic N) is 1. The van der Waals surface area contributed by atoms with E-state index in [0.29, 0.717) is 10.7 Å². The van der Waals surface area contributed by atoms with Gasteiger partial charge in [0.1, 0.15) is 10.7 Å². The van der Waals surface area contributed by atoms with Gasteiger partial charge in [-0.15, -0.1) is 0 Å². The van der Waals surface area contributed by atoms with Gasteiger partial charge in [-0.05, 0) is 37.6 Å². The highest BCUT2D eigenvalue weighted by molar-refractivity contribution is 6.29. The van der Waals surface area contributed by atoms with Crippen molar-refractivity contribution in [2.24, 2.45) is 0 Å². The van der Waals surface area contributed by atoms with Gasteiger partial charge in [0, 0.05) is 6.20 Å². The van der Waals surface area contributed by atoms with E-state index in [-0.39, 0.29) is 18.0 Å². The predicted octanol–water partition coefficient (Wildman–Crippen LogP) is 2.27. The minimum atomic E-state index is -0.632. The van der Waals surface area contributed by atoms with Gasteiger partial charge in [0.25, 0.3) is 0 Å². The molecule has 1 heterocycles. The van der Waals surface area contributed by atoms with Gasteiger partial charge < -0.3 is 4.74 Å². The Kier molecular flexibility index (Phi) is 4.84. The Balaban J connectivity index is 3.06. The highest BCUT2D eigenvalue weighted by Gasteiger charge is 2.15. The second-order valence-corrected chi connectivity index (χ2v) is 3.63. The molecule has 0 N–H and O–H groups in total. The molecule has 0 saturated heterocycles. The summed E-state index contributed by atoms with van der Waals surface area (Å²) in [7, 11) is 0. The van der Waals surface area contributed by atoms with Crippen LogP contribution in [0.2, 0.25) is 5.15 Å². The van der Waals surface area contributed by atoms with Crippen molar-refractivity contribution in [3.63, 3.8) is 0 Å². The number of ketones is 1. The third kappa shape index (κ3) is 4.00. The number of rotatable bonds is 4. The maximum atomic E-state index is 11.5. The number of esters is 1. The van der Waals surface area contributed by atoms with E-state index in [2.05, 4.69) is 4.98 Å². The zero-order valence-electron chi connectivity index (χ0n) is 9.57. The molecule has 1 aromatic rings. The number of halogens is 1. The molecule has 4 nitrogen and oxygen atoms in total. The highest BCUT2D eigenvalue weighted by atomic mass is 35.5. The molecule has 0 spiro atoms. The summed E-state index contributed by atoms with van der Waals surface area (Å²) in [6, 6.07) is 3.21. The summed E-state index contributed by atoms with van der Waals surface area (Å²) >= 11 is 5.71. The molecular weight excluding hydrogens is 242 g/mol. The minimum Gasteiger partial charge on any atom is -0.462 e. The summed E-state index contributed by atoms with van der Waals surface area (Å²) in [6.45, 7) is 3.21. The highest BCUT2D eigenvalue weighted by Crippen LogP contribution is 2.12. The normalized spacial score (nSPS) is 11.1. The average molecular weight is 254 g/mol. The Labute approximate surface area is 104 Å².